The topological polar surface area (TPSA) is 84.9 Å². The van der Waals surface area contributed by atoms with Gasteiger partial charge in [-0.05, 0) is 12.1 Å². The van der Waals surface area contributed by atoms with Crippen LogP contribution in [0.15, 0.2) is 24.3 Å². The van der Waals surface area contributed by atoms with Gasteiger partial charge < -0.3 is 19.7 Å². The van der Waals surface area contributed by atoms with E-state index in [4.69, 9.17) is 4.74 Å². The summed E-state index contributed by atoms with van der Waals surface area (Å²) in [6.45, 7) is 1.18. The Morgan fingerprint density at radius 2 is 2.14 bits per heavy atom. The maximum Gasteiger partial charge on any atom is 0.330 e. The first-order valence-corrected chi connectivity index (χ1v) is 6.40. The van der Waals surface area contributed by atoms with Gasteiger partial charge >= 0.3 is 5.97 Å². The molecule has 0 saturated heterocycles. The van der Waals surface area contributed by atoms with E-state index in [0.717, 1.165) is 0 Å². The fourth-order valence-electron chi connectivity index (χ4n) is 2.10. The normalized spacial score (nSPS) is 14.8. The van der Waals surface area contributed by atoms with Gasteiger partial charge in [0.15, 0.2) is 6.61 Å². The van der Waals surface area contributed by atoms with Crippen molar-refractivity contribution in [2.45, 2.75) is 13.0 Å². The molecule has 1 atom stereocenters. The molecule has 0 fully saturated rings. The highest BCUT2D eigenvalue weighted by Crippen LogP contribution is 2.31. The van der Waals surface area contributed by atoms with E-state index in [2.05, 4.69) is 10.1 Å². The molecule has 2 amide bonds. The summed E-state index contributed by atoms with van der Waals surface area (Å²) in [5.74, 6) is -0.710. The number of anilines is 1. The summed E-state index contributed by atoms with van der Waals surface area (Å²) in [6.07, 6.45) is 0. The number of nitrogens with one attached hydrogen (secondary N) is 1. The summed E-state index contributed by atoms with van der Waals surface area (Å²) in [5.41, 5.74) is 0.563. The summed E-state index contributed by atoms with van der Waals surface area (Å²) in [7, 11) is 1.23. The van der Waals surface area contributed by atoms with Crippen LogP contribution in [0.5, 0.6) is 5.75 Å². The summed E-state index contributed by atoms with van der Waals surface area (Å²) >= 11 is 0. The molecule has 112 valence electrons. The first kappa shape index (κ1) is 14.8. The van der Waals surface area contributed by atoms with Gasteiger partial charge in [-0.25, -0.2) is 4.79 Å². The molecule has 1 heterocycles. The molecule has 1 aromatic carbocycles. The highest BCUT2D eigenvalue weighted by molar-refractivity contribution is 5.98. The van der Waals surface area contributed by atoms with E-state index in [9.17, 15) is 14.4 Å². The number of amides is 2. The number of nitrogens with zero attached hydrogens (tertiary/aromatic N) is 1. The Balaban J connectivity index is 2.25. The van der Waals surface area contributed by atoms with Crippen molar-refractivity contribution in [1.82, 2.24) is 5.32 Å². The number of carbonyl (C=O) groups excluding carboxylic acids is 3. The Hall–Kier alpha value is -2.57. The van der Waals surface area contributed by atoms with Gasteiger partial charge in [-0.15, -0.1) is 0 Å². The van der Waals surface area contributed by atoms with Crippen LogP contribution < -0.4 is 15.0 Å². The standard InChI is InChI=1S/C14H16N2O5/c1-9(17)15-10(14(19)20-2)7-16-11-5-3-4-6-12(11)21-8-13(16)18/h3-6,10H,7-8H2,1-2H3,(H,15,17). The number of ether oxygens (including phenoxy) is 2. The Morgan fingerprint density at radius 3 is 2.81 bits per heavy atom. The van der Waals surface area contributed by atoms with E-state index in [-0.39, 0.29) is 25.0 Å². The molecule has 7 heteroatoms. The predicted octanol–water partition coefficient (Wildman–Crippen LogP) is 0.0897. The van der Waals surface area contributed by atoms with Crippen molar-refractivity contribution in [3.05, 3.63) is 24.3 Å². The van der Waals surface area contributed by atoms with Crippen molar-refractivity contribution in [3.8, 4) is 5.75 Å². The van der Waals surface area contributed by atoms with E-state index in [1.165, 1.54) is 18.9 Å². The minimum absolute atomic E-state index is 0.00847. The van der Waals surface area contributed by atoms with Crippen molar-refractivity contribution < 1.29 is 23.9 Å². The molecule has 0 spiro atoms. The molecule has 0 radical (unpaired) electrons. The lowest BCUT2D eigenvalue weighted by Gasteiger charge is -2.31. The molecule has 1 unspecified atom stereocenters. The van der Waals surface area contributed by atoms with E-state index >= 15 is 0 Å². The third-order valence-corrected chi connectivity index (χ3v) is 3.04. The molecule has 0 aliphatic carbocycles. The Bertz CT molecular complexity index is 572. The lowest BCUT2D eigenvalue weighted by Crippen LogP contribution is -2.52. The highest BCUT2D eigenvalue weighted by Gasteiger charge is 2.31. The molecule has 1 aliphatic rings. The summed E-state index contributed by atoms with van der Waals surface area (Å²) in [4.78, 5) is 36.4. The van der Waals surface area contributed by atoms with E-state index in [0.29, 0.717) is 11.4 Å². The van der Waals surface area contributed by atoms with Crippen LogP contribution in [0, 0.1) is 0 Å². The molecule has 1 aromatic rings. The van der Waals surface area contributed by atoms with Crippen LogP contribution in [0.4, 0.5) is 5.69 Å². The van der Waals surface area contributed by atoms with E-state index < -0.39 is 12.0 Å². The third-order valence-electron chi connectivity index (χ3n) is 3.04. The zero-order chi connectivity index (χ0) is 15.4. The van der Waals surface area contributed by atoms with Gasteiger partial charge in [-0.2, -0.15) is 0 Å². The van der Waals surface area contributed by atoms with Crippen molar-refractivity contribution in [2.75, 3.05) is 25.2 Å². The van der Waals surface area contributed by atoms with Crippen LogP contribution >= 0.6 is 0 Å². The molecule has 1 aliphatic heterocycles. The predicted molar refractivity (Wildman–Crippen MR) is 73.9 cm³/mol. The fourth-order valence-corrected chi connectivity index (χ4v) is 2.10. The summed E-state index contributed by atoms with van der Waals surface area (Å²) < 4.78 is 9.98. The Labute approximate surface area is 121 Å². The van der Waals surface area contributed by atoms with E-state index in [1.807, 2.05) is 0 Å². The minimum Gasteiger partial charge on any atom is -0.482 e. The van der Waals surface area contributed by atoms with Gasteiger partial charge in [0.2, 0.25) is 5.91 Å². The number of benzene rings is 1. The Morgan fingerprint density at radius 1 is 1.43 bits per heavy atom. The number of rotatable bonds is 4. The fraction of sp³-hybridized carbons (Fsp3) is 0.357. The molecular formula is C14H16N2O5. The SMILES string of the molecule is COC(=O)C(CN1C(=O)COc2ccccc21)NC(C)=O. The second kappa shape index (κ2) is 6.25. The number of fused-ring (bicyclic) bond motifs is 1. The van der Waals surface area contributed by atoms with Gasteiger partial charge in [0.1, 0.15) is 11.8 Å². The summed E-state index contributed by atoms with van der Waals surface area (Å²) in [6, 6.07) is 6.08. The maximum atomic E-state index is 12.0. The molecule has 0 bridgehead atoms. The molecule has 1 N–H and O–H groups in total. The molecule has 7 nitrogen and oxygen atoms in total. The molecule has 2 rings (SSSR count). The Kier molecular flexibility index (Phi) is 4.42. The number of para-hydroxylation sites is 2. The average Bonchev–Trinajstić information content (AvgIpc) is 2.48. The van der Waals surface area contributed by atoms with Gasteiger partial charge in [0.25, 0.3) is 5.91 Å². The minimum atomic E-state index is -0.928. The number of esters is 1. The van der Waals surface area contributed by atoms with Crippen LogP contribution in [0.3, 0.4) is 0 Å². The number of carbonyl (C=O) groups is 3. The first-order chi connectivity index (χ1) is 10.0. The number of hydrogen-bond donors (Lipinski definition) is 1. The second-order valence-electron chi connectivity index (χ2n) is 4.54. The largest absolute Gasteiger partial charge is 0.482 e. The molecule has 0 saturated carbocycles. The summed E-state index contributed by atoms with van der Waals surface area (Å²) in [5, 5.41) is 2.48. The lowest BCUT2D eigenvalue weighted by molar-refractivity contribution is -0.144. The van der Waals surface area contributed by atoms with Crippen LogP contribution in [0.2, 0.25) is 0 Å². The van der Waals surface area contributed by atoms with Crippen LogP contribution in [0.1, 0.15) is 6.92 Å². The number of methoxy groups -OCH3 is 1. The van der Waals surface area contributed by atoms with Crippen molar-refractivity contribution in [1.29, 1.82) is 0 Å². The van der Waals surface area contributed by atoms with Crippen molar-refractivity contribution >= 4 is 23.5 Å². The zero-order valence-corrected chi connectivity index (χ0v) is 11.8. The monoisotopic (exact) mass is 292 g/mol. The smallest absolute Gasteiger partial charge is 0.330 e. The highest BCUT2D eigenvalue weighted by atomic mass is 16.5. The van der Waals surface area contributed by atoms with Crippen LogP contribution in [-0.2, 0) is 19.1 Å². The van der Waals surface area contributed by atoms with Gasteiger partial charge in [0.05, 0.1) is 19.3 Å². The average molecular weight is 292 g/mol. The molecule has 21 heavy (non-hydrogen) atoms. The number of hydrogen-bond acceptors (Lipinski definition) is 5. The van der Waals surface area contributed by atoms with Crippen LogP contribution in [0.25, 0.3) is 0 Å². The quantitative estimate of drug-likeness (QED) is 0.795. The second-order valence-corrected chi connectivity index (χ2v) is 4.54. The van der Waals surface area contributed by atoms with E-state index in [1.54, 1.807) is 24.3 Å². The maximum absolute atomic E-state index is 12.0. The molecular weight excluding hydrogens is 276 g/mol. The zero-order valence-electron chi connectivity index (χ0n) is 11.8. The van der Waals surface area contributed by atoms with Crippen molar-refractivity contribution in [3.63, 3.8) is 0 Å². The molecule has 0 aromatic heterocycles. The van der Waals surface area contributed by atoms with Gasteiger partial charge in [-0.1, -0.05) is 12.1 Å². The van der Waals surface area contributed by atoms with Gasteiger partial charge in [0, 0.05) is 6.92 Å². The van der Waals surface area contributed by atoms with Gasteiger partial charge in [-0.3, -0.25) is 9.59 Å². The van der Waals surface area contributed by atoms with Crippen LogP contribution in [-0.4, -0.2) is 44.1 Å². The van der Waals surface area contributed by atoms with Crippen molar-refractivity contribution in [2.24, 2.45) is 0 Å². The first-order valence-electron chi connectivity index (χ1n) is 6.40. The lowest BCUT2D eigenvalue weighted by atomic mass is 10.2. The third kappa shape index (κ3) is 3.31.